The van der Waals surface area contributed by atoms with E-state index in [2.05, 4.69) is 5.32 Å². The summed E-state index contributed by atoms with van der Waals surface area (Å²) in [5.74, 6) is -2.58. The van der Waals surface area contributed by atoms with E-state index in [1.54, 1.807) is 45.2 Å². The van der Waals surface area contributed by atoms with Crippen molar-refractivity contribution in [2.75, 3.05) is 52.1 Å². The molecule has 4 aliphatic heterocycles. The van der Waals surface area contributed by atoms with Crippen LogP contribution in [0.15, 0.2) is 35.9 Å². The molecule has 4 bridgehead atoms. The van der Waals surface area contributed by atoms with Crippen LogP contribution >= 0.6 is 23.4 Å². The SMILES string of the molecule is COc1cc2cc(c1Cl)N(C)C(=O)C[C@H](OC(=O)[C@H](C)N(C)C(=O)CCSC1CC(=O)N(CCO)C1=O)[C@]1(C)O[C@H]1[C@H](C)[C@@H]1C[C@@](O)(NC(=O)O1)[C@H](OC)/C=C/C=C(\C)C2. The van der Waals surface area contributed by atoms with Crippen LogP contribution in [-0.4, -0.2) is 150 Å². The second-order valence-corrected chi connectivity index (χ2v) is 17.5. The average Bonchev–Trinajstić information content (AvgIpc) is 3.83. The summed E-state index contributed by atoms with van der Waals surface area (Å²) in [6.45, 7) is 6.40. The van der Waals surface area contributed by atoms with Gasteiger partial charge < -0.3 is 43.7 Å². The number of halogens is 1. The van der Waals surface area contributed by atoms with Gasteiger partial charge in [-0.25, -0.2) is 9.59 Å². The molecule has 0 radical (unpaired) electrons. The highest BCUT2D eigenvalue weighted by molar-refractivity contribution is 8.00. The fraction of sp³-hybridized carbons (Fsp3) is 0.610. The van der Waals surface area contributed by atoms with E-state index < -0.39 is 82.7 Å². The summed E-state index contributed by atoms with van der Waals surface area (Å²) in [7, 11) is 5.86. The number of fused-ring (bicyclic) bond motifs is 5. The van der Waals surface area contributed by atoms with E-state index >= 15 is 0 Å². The van der Waals surface area contributed by atoms with Crippen molar-refractivity contribution in [1.82, 2.24) is 15.1 Å². The second-order valence-electron chi connectivity index (χ2n) is 15.8. The number of likely N-dealkylation sites (N-methyl/N-ethyl adjacent to an activating group) is 1. The molecule has 330 valence electrons. The lowest BCUT2D eigenvalue weighted by Gasteiger charge is -2.42. The van der Waals surface area contributed by atoms with Gasteiger partial charge in [-0.2, -0.15) is 0 Å². The number of carbonyl (C=O) groups is 6. The Morgan fingerprint density at radius 3 is 2.55 bits per heavy atom. The first-order chi connectivity index (χ1) is 28.3. The van der Waals surface area contributed by atoms with Gasteiger partial charge in [-0.05, 0) is 44.9 Å². The highest BCUT2D eigenvalue weighted by Gasteiger charge is 2.64. The molecule has 0 spiro atoms. The van der Waals surface area contributed by atoms with Crippen LogP contribution in [0.25, 0.3) is 0 Å². The maximum atomic E-state index is 14.2. The Morgan fingerprint density at radius 2 is 1.88 bits per heavy atom. The molecule has 0 saturated carbocycles. The van der Waals surface area contributed by atoms with Gasteiger partial charge in [-0.15, -0.1) is 11.8 Å². The van der Waals surface area contributed by atoms with Crippen LogP contribution in [0.2, 0.25) is 5.02 Å². The smallest absolute Gasteiger partial charge is 0.409 e. The van der Waals surface area contributed by atoms with Crippen molar-refractivity contribution >= 4 is 64.7 Å². The Kier molecular flexibility index (Phi) is 15.0. The van der Waals surface area contributed by atoms with Gasteiger partial charge in [0.25, 0.3) is 0 Å². The van der Waals surface area contributed by atoms with Crippen LogP contribution in [0.1, 0.15) is 58.9 Å². The van der Waals surface area contributed by atoms with E-state index in [-0.39, 0.29) is 55.5 Å². The standard InChI is InChI=1S/C41H55ClN4O13S/c1-22-10-9-11-30(56-8)41(54)21-28(57-39(53)43-41)23(2)36-40(4,59-36)31(20-33(49)45(6)26-17-25(16-22)18-27(55-7)35(26)42)58-38(52)24(3)44(5)32(48)12-15-60-29-19-34(50)46(13-14-47)37(29)51/h9-11,17-18,23-24,28-31,36,47,54H,12-16,19-21H2,1-8H3,(H,43,53)/b11-9+,22-10+/t23-,24+,28+,29?,30-,31+,36+,40+,41+/m1/s1. The van der Waals surface area contributed by atoms with Crippen LogP contribution in [0, 0.1) is 5.92 Å². The zero-order valence-electron chi connectivity index (χ0n) is 35.1. The lowest BCUT2D eigenvalue weighted by Crippen LogP contribution is -2.63. The minimum Gasteiger partial charge on any atom is -0.495 e. The molecule has 0 aliphatic carbocycles. The number of epoxide rings is 1. The highest BCUT2D eigenvalue weighted by Crippen LogP contribution is 2.49. The third kappa shape index (κ3) is 10.1. The third-order valence-corrected chi connectivity index (χ3v) is 13.3. The van der Waals surface area contributed by atoms with Crippen LogP contribution in [0.3, 0.4) is 0 Å². The van der Waals surface area contributed by atoms with Gasteiger partial charge in [0.05, 0.1) is 43.7 Å². The summed E-state index contributed by atoms with van der Waals surface area (Å²) < 4.78 is 29.2. The van der Waals surface area contributed by atoms with E-state index in [1.807, 2.05) is 13.0 Å². The molecular weight excluding hydrogens is 824 g/mol. The lowest BCUT2D eigenvalue weighted by molar-refractivity contribution is -0.162. The normalized spacial score (nSPS) is 31.6. The molecule has 1 aromatic carbocycles. The molecule has 9 atom stereocenters. The van der Waals surface area contributed by atoms with E-state index in [1.165, 1.54) is 38.0 Å². The molecule has 1 aromatic rings. The van der Waals surface area contributed by atoms with Crippen LogP contribution < -0.4 is 15.0 Å². The molecule has 1 unspecified atom stereocenters. The number of imide groups is 1. The number of aliphatic hydroxyl groups is 2. The number of nitrogens with one attached hydrogen (secondary N) is 1. The number of anilines is 1. The van der Waals surface area contributed by atoms with Crippen molar-refractivity contribution in [3.05, 3.63) is 46.5 Å². The number of nitrogens with zero attached hydrogens (tertiary/aromatic N) is 3. The first kappa shape index (κ1) is 46.9. The van der Waals surface area contributed by atoms with Crippen molar-refractivity contribution in [3.63, 3.8) is 0 Å². The predicted octanol–water partition coefficient (Wildman–Crippen LogP) is 2.76. The van der Waals surface area contributed by atoms with Crippen molar-refractivity contribution < 1.29 is 62.7 Å². The Balaban J connectivity index is 1.40. The predicted molar refractivity (Wildman–Crippen MR) is 220 cm³/mol. The van der Waals surface area contributed by atoms with Crippen LogP contribution in [0.5, 0.6) is 5.75 Å². The number of carbonyl (C=O) groups excluding carboxylic acids is 6. The highest BCUT2D eigenvalue weighted by atomic mass is 35.5. The molecule has 17 nitrogen and oxygen atoms in total. The molecule has 4 heterocycles. The number of benzene rings is 1. The van der Waals surface area contributed by atoms with Crippen molar-refractivity contribution in [3.8, 4) is 5.75 Å². The van der Waals surface area contributed by atoms with Crippen molar-refractivity contribution in [2.45, 2.75) is 107 Å². The number of alkyl carbamates (subject to hydrolysis) is 1. The molecule has 3 N–H and O–H groups in total. The van der Waals surface area contributed by atoms with Crippen molar-refractivity contribution in [1.29, 1.82) is 0 Å². The minimum absolute atomic E-state index is 0.0276. The zero-order chi connectivity index (χ0) is 44.3. The average molecular weight is 879 g/mol. The number of methoxy groups -OCH3 is 2. The number of aliphatic hydroxyl groups excluding tert-OH is 1. The van der Waals surface area contributed by atoms with Gasteiger partial charge in [-0.1, -0.05) is 42.3 Å². The van der Waals surface area contributed by atoms with E-state index in [0.717, 1.165) is 27.8 Å². The monoisotopic (exact) mass is 878 g/mol. The number of β-amino-alcohol motifs (C(OH)–C–C–N with tert-alkyl or cyclic N) is 1. The van der Waals surface area contributed by atoms with E-state index in [9.17, 15) is 39.0 Å². The first-order valence-corrected chi connectivity index (χ1v) is 21.1. The summed E-state index contributed by atoms with van der Waals surface area (Å²) in [6.07, 6.45) is 0.392. The number of thioether (sulfide) groups is 1. The fourth-order valence-electron chi connectivity index (χ4n) is 7.80. The van der Waals surface area contributed by atoms with Gasteiger partial charge in [0, 0.05) is 52.1 Å². The summed E-state index contributed by atoms with van der Waals surface area (Å²) in [6, 6.07) is 2.41. The number of hydrogen-bond acceptors (Lipinski definition) is 14. The number of amides is 5. The quantitative estimate of drug-likeness (QED) is 0.166. The second kappa shape index (κ2) is 19.2. The Bertz CT molecular complexity index is 1910. The topological polar surface area (TPSA) is 214 Å². The van der Waals surface area contributed by atoms with Gasteiger partial charge in [0.1, 0.15) is 40.7 Å². The largest absolute Gasteiger partial charge is 0.495 e. The molecular formula is C41H55ClN4O13S. The molecule has 3 saturated heterocycles. The summed E-state index contributed by atoms with van der Waals surface area (Å²) in [5.41, 5.74) is -1.13. The number of allylic oxidation sites excluding steroid dienone is 3. The third-order valence-electron chi connectivity index (χ3n) is 11.7. The molecule has 4 aliphatic rings. The van der Waals surface area contributed by atoms with Gasteiger partial charge in [0.15, 0.2) is 5.72 Å². The number of esters is 1. The van der Waals surface area contributed by atoms with Crippen molar-refractivity contribution in [2.24, 2.45) is 5.92 Å². The Hall–Kier alpha value is -4.20. The van der Waals surface area contributed by atoms with Gasteiger partial charge in [0.2, 0.25) is 23.6 Å². The maximum absolute atomic E-state index is 14.2. The number of likely N-dealkylation sites (tertiary alicyclic amines) is 1. The molecule has 60 heavy (non-hydrogen) atoms. The van der Waals surface area contributed by atoms with Crippen LogP contribution in [0.4, 0.5) is 10.5 Å². The maximum Gasteiger partial charge on any atom is 0.409 e. The lowest BCUT2D eigenvalue weighted by atomic mass is 9.83. The number of hydrogen-bond donors (Lipinski definition) is 3. The molecule has 5 amide bonds. The molecule has 3 fully saturated rings. The fourth-order valence-corrected chi connectivity index (χ4v) is 9.22. The zero-order valence-corrected chi connectivity index (χ0v) is 36.7. The number of ether oxygens (including phenoxy) is 5. The summed E-state index contributed by atoms with van der Waals surface area (Å²) in [4.78, 5) is 82.7. The minimum atomic E-state index is -1.87. The summed E-state index contributed by atoms with van der Waals surface area (Å²) in [5, 5.41) is 23.0. The van der Waals surface area contributed by atoms with Crippen LogP contribution in [-0.2, 0) is 49.3 Å². The molecule has 0 aromatic heterocycles. The number of rotatable bonds is 11. The van der Waals surface area contributed by atoms with Gasteiger partial charge in [-0.3, -0.25) is 29.4 Å². The Labute approximate surface area is 358 Å². The van der Waals surface area contributed by atoms with E-state index in [4.69, 9.17) is 35.3 Å². The molecule has 19 heteroatoms. The summed E-state index contributed by atoms with van der Waals surface area (Å²) >= 11 is 7.92. The first-order valence-electron chi connectivity index (χ1n) is 19.7. The Morgan fingerprint density at radius 1 is 1.17 bits per heavy atom. The van der Waals surface area contributed by atoms with Gasteiger partial charge >= 0.3 is 12.1 Å². The molecule has 5 rings (SSSR count). The van der Waals surface area contributed by atoms with E-state index in [0.29, 0.717) is 17.9 Å².